The highest BCUT2D eigenvalue weighted by Crippen LogP contribution is 2.59. The van der Waals surface area contributed by atoms with Crippen LogP contribution >= 0.6 is 0 Å². The van der Waals surface area contributed by atoms with Gasteiger partial charge in [-0.2, -0.15) is 0 Å². The van der Waals surface area contributed by atoms with E-state index in [-0.39, 0.29) is 185 Å². The number of nitrogens with zero attached hydrogens (tertiary/aromatic N) is 4. The molecule has 0 aliphatic carbocycles. The first kappa shape index (κ1) is 68.4. The van der Waals surface area contributed by atoms with E-state index in [0.29, 0.717) is 22.3 Å². The molecule has 0 atom stereocenters. The van der Waals surface area contributed by atoms with Crippen LogP contribution in [0.25, 0.3) is 111 Å². The summed E-state index contributed by atoms with van der Waals surface area (Å²) >= 11 is 0. The van der Waals surface area contributed by atoms with Gasteiger partial charge in [-0.05, 0) is 278 Å². The molecule has 18 rings (SSSR count). The number of para-hydroxylation sites is 2. The van der Waals surface area contributed by atoms with Crippen LogP contribution < -0.4 is 26.2 Å². The lowest BCUT2D eigenvalue weighted by atomic mass is 9.33. The third-order valence-corrected chi connectivity index (χ3v) is 27.4. The lowest BCUT2D eigenvalue weighted by molar-refractivity contribution is 0.568. The molecule has 4 heterocycles. The van der Waals surface area contributed by atoms with Gasteiger partial charge in [0.25, 0.3) is 6.71 Å². The summed E-state index contributed by atoms with van der Waals surface area (Å²) < 4.78 is 285. The highest BCUT2D eigenvalue weighted by molar-refractivity contribution is 7.00. The van der Waals surface area contributed by atoms with Gasteiger partial charge in [-0.1, -0.05) is 413 Å². The normalized spacial score (nSPS) is 16.6. The zero-order valence-electron chi connectivity index (χ0n) is 114. The van der Waals surface area contributed by atoms with Crippen molar-refractivity contribution in [3.05, 3.63) is 327 Å². The Morgan fingerprint density at radius 2 is 0.526 bits per heavy atom. The molecular formula is C132H151BN4. The molecule has 0 saturated carbocycles. The van der Waals surface area contributed by atoms with E-state index in [1.165, 1.54) is 4.57 Å². The average Bonchev–Trinajstić information content (AvgIpc) is 0.923. The molecule has 702 valence electrons. The number of aromatic nitrogens is 2. The van der Waals surface area contributed by atoms with Gasteiger partial charge in [-0.15, -0.1) is 0 Å². The maximum atomic E-state index is 12.1. The number of hydrogen-bond donors (Lipinski definition) is 0. The highest BCUT2D eigenvalue weighted by atomic mass is 15.2. The minimum atomic E-state index is -1.37. The fraction of sp³-hybridized carbons (Fsp3) is 0.364. The second kappa shape index (κ2) is 32.5. The van der Waals surface area contributed by atoms with Crippen molar-refractivity contribution in [2.24, 2.45) is 0 Å². The predicted molar refractivity (Wildman–Crippen MR) is 601 cm³/mol. The van der Waals surface area contributed by atoms with Crippen LogP contribution in [0.2, 0.25) is 0 Å². The number of fused-ring (bicyclic) bond motifs is 10. The van der Waals surface area contributed by atoms with Crippen molar-refractivity contribution in [2.75, 3.05) is 9.80 Å². The van der Waals surface area contributed by atoms with E-state index < -0.39 is 205 Å². The van der Waals surface area contributed by atoms with Gasteiger partial charge in [-0.3, -0.25) is 0 Å². The molecule has 2 aliphatic rings. The Bertz CT molecular complexity index is 8970. The zero-order valence-corrected chi connectivity index (χ0v) is 87.7. The fourth-order valence-corrected chi connectivity index (χ4v) is 19.1. The minimum Gasteiger partial charge on any atom is -0.310 e. The molecular weight excluding hydrogens is 1650 g/mol. The SMILES string of the molecule is [2H]c1c([2H])c(C(C)(C)C)c([2H])c([2H])c1-c1c([2H])c(C(C)(C)C)c([2H])c(-c2c([2H])c([2H])c(C(C)(C)C)c([2H])c2C(C)(C)C)c1N1c2cc(-n3c4ccc(C(C)(C)C)cc4c4cc(C(C)(C)C)ccc43)ccc2B2c3ccc(-n4c5c([2H])c([2H])c([2H])c([2H])c5c5c([2H])c([2H])c([2H])c([2H])c54)cc3N(c3c(-c4c([2H])c([2H])c(C(C)(C)C)c([2H])c4[2H])c([2H])c(C(C)(C)C)c([2H])c3-c3c([2H])c([2H])c(C(C)(C)C)c([2H])c3C(C)(C)C)c3cc(-c4cc(C(C)(C)C)cc(C(C)(C)C)c4)cc1c32. The van der Waals surface area contributed by atoms with Crippen LogP contribution in [0.15, 0.2) is 260 Å². The summed E-state index contributed by atoms with van der Waals surface area (Å²) in [7, 11) is 0. The highest BCUT2D eigenvalue weighted by Gasteiger charge is 2.48. The molecule has 0 radical (unpaired) electrons. The second-order valence-corrected chi connectivity index (χ2v) is 50.8. The van der Waals surface area contributed by atoms with E-state index in [2.05, 4.69) is 142 Å². The van der Waals surface area contributed by atoms with Crippen LogP contribution in [0.4, 0.5) is 34.1 Å². The second-order valence-electron chi connectivity index (χ2n) is 50.8. The summed E-state index contributed by atoms with van der Waals surface area (Å²) in [6.07, 6.45) is 0. The third-order valence-electron chi connectivity index (χ3n) is 27.4. The largest absolute Gasteiger partial charge is 0.310 e. The van der Waals surface area contributed by atoms with Crippen molar-refractivity contribution in [1.82, 2.24) is 9.13 Å². The van der Waals surface area contributed by atoms with Crippen LogP contribution in [0, 0.1) is 0 Å². The number of hydrogen-bond acceptors (Lipinski definition) is 2. The molecule has 5 heteroatoms. The van der Waals surface area contributed by atoms with Crippen molar-refractivity contribution in [1.29, 1.82) is 0 Å². The van der Waals surface area contributed by atoms with Crippen molar-refractivity contribution < 1.29 is 35.6 Å². The molecule has 16 aromatic rings. The third kappa shape index (κ3) is 17.3. The number of rotatable bonds is 9. The standard InChI is InChI=1S/C132H151BN4/c1-121(2,3)84-49-45-80(46-50-84)100-72-92(129(25,26)27)74-104(96-59-53-88(125(13,14)15)76-106(96)131(31,32)33)119(100)136-114-78-94(134-110-43-39-37-41-98(110)99-42-38-40-44-111(99)134)57-61-108(114)133-109-62-58-95(135-112-63-55-86(123(7,8)9)70-102(112)103-71-87(124(10,11)12)56-64-113(103)135)79-115(109)137(117-68-83(67-116(136)118(117)133)82-65-90(127(19,20)21)69-91(66-82)128(22,23)24)120-101(81-47-51-85(52-48-81)122(4,5)6)73-93(130(28,29)30)75-105(120)97-60-54-89(126(16,17)18)77-107(97)132(34,35)36/h37-79H,1-36H3/i37D,38D,39D,40D,41D,42D,43D,44D,45D,46D,47D,48D,49D,50D,51D,52D,53D,54D,59D,60D,72D,73D,74D,75D,76D,77D. The van der Waals surface area contributed by atoms with Crippen molar-refractivity contribution in [2.45, 2.75) is 314 Å². The average molecular weight is 1830 g/mol. The van der Waals surface area contributed by atoms with Crippen molar-refractivity contribution in [3.8, 4) is 67.0 Å². The van der Waals surface area contributed by atoms with Gasteiger partial charge in [0.2, 0.25) is 0 Å². The molecule has 0 spiro atoms. The van der Waals surface area contributed by atoms with Gasteiger partial charge in [-0.25, -0.2) is 0 Å². The molecule has 0 N–H and O–H groups in total. The summed E-state index contributed by atoms with van der Waals surface area (Å²) in [6.45, 7) is 68.2. The monoisotopic (exact) mass is 1830 g/mol. The van der Waals surface area contributed by atoms with Crippen LogP contribution in [0.1, 0.15) is 352 Å². The van der Waals surface area contributed by atoms with Gasteiger partial charge >= 0.3 is 0 Å². The smallest absolute Gasteiger partial charge is 0.252 e. The molecule has 2 aliphatic heterocycles. The van der Waals surface area contributed by atoms with Gasteiger partial charge in [0, 0.05) is 77.9 Å². The summed E-state index contributed by atoms with van der Waals surface area (Å²) in [5.74, 6) is 0. The molecule has 0 unspecified atom stereocenters. The lowest BCUT2D eigenvalue weighted by Crippen LogP contribution is -2.61. The van der Waals surface area contributed by atoms with E-state index in [1.54, 1.807) is 85.4 Å². The Morgan fingerprint density at radius 1 is 0.212 bits per heavy atom. The quantitative estimate of drug-likeness (QED) is 0.134. The van der Waals surface area contributed by atoms with Gasteiger partial charge in [0.1, 0.15) is 0 Å². The topological polar surface area (TPSA) is 16.3 Å². The fourth-order valence-electron chi connectivity index (χ4n) is 19.1. The Kier molecular flexibility index (Phi) is 16.2. The summed E-state index contributed by atoms with van der Waals surface area (Å²) in [5.41, 5.74) is -6.30. The Morgan fingerprint density at radius 3 is 0.861 bits per heavy atom. The van der Waals surface area contributed by atoms with Crippen molar-refractivity contribution >= 4 is 101 Å². The van der Waals surface area contributed by atoms with E-state index in [9.17, 15) is 35.6 Å². The maximum absolute atomic E-state index is 12.1. The maximum Gasteiger partial charge on any atom is 0.252 e. The molecule has 0 fully saturated rings. The van der Waals surface area contributed by atoms with Gasteiger partial charge < -0.3 is 18.9 Å². The van der Waals surface area contributed by atoms with E-state index in [4.69, 9.17) is 0 Å². The number of benzene rings is 14. The van der Waals surface area contributed by atoms with Gasteiger partial charge in [0.15, 0.2) is 0 Å². The van der Waals surface area contributed by atoms with E-state index in [1.807, 2.05) is 139 Å². The first-order valence-electron chi connectivity index (χ1n) is 61.6. The van der Waals surface area contributed by atoms with E-state index in [0.717, 1.165) is 44.1 Å². The Balaban J connectivity index is 1.25. The number of anilines is 6. The molecule has 4 nitrogen and oxygen atoms in total. The van der Waals surface area contributed by atoms with Crippen molar-refractivity contribution in [3.63, 3.8) is 0 Å². The van der Waals surface area contributed by atoms with Crippen LogP contribution in [-0.4, -0.2) is 15.8 Å². The molecule has 2 aromatic heterocycles. The molecule has 0 bridgehead atoms. The molecule has 137 heavy (non-hydrogen) atoms. The predicted octanol–water partition coefficient (Wildman–Crippen LogP) is 35.9. The minimum absolute atomic E-state index is 0.00266. The molecule has 0 saturated heterocycles. The molecule has 14 aromatic carbocycles. The van der Waals surface area contributed by atoms with Gasteiger partial charge in [0.05, 0.1) is 69.1 Å². The first-order valence-corrected chi connectivity index (χ1v) is 48.6. The summed E-state index contributed by atoms with van der Waals surface area (Å²) in [6, 6.07) is 20.6. The zero-order chi connectivity index (χ0) is 122. The van der Waals surface area contributed by atoms with E-state index >= 15 is 0 Å². The van der Waals surface area contributed by atoms with Crippen LogP contribution in [-0.2, 0) is 65.0 Å². The van der Waals surface area contributed by atoms with Crippen LogP contribution in [0.5, 0.6) is 0 Å². The Labute approximate surface area is 859 Å². The molecule has 0 amide bonds. The summed E-state index contributed by atoms with van der Waals surface area (Å²) in [4.78, 5) is 3.65. The first-order chi connectivity index (χ1) is 74.4. The Hall–Kier alpha value is -11.7. The lowest BCUT2D eigenvalue weighted by Gasteiger charge is -2.46. The summed E-state index contributed by atoms with van der Waals surface area (Å²) in [5, 5.41) is 1.24. The van der Waals surface area contributed by atoms with Crippen LogP contribution in [0.3, 0.4) is 0 Å².